The van der Waals surface area contributed by atoms with Gasteiger partial charge in [0.2, 0.25) is 0 Å². The molecule has 1 unspecified atom stereocenters. The number of carbonyl (C=O) groups is 2. The highest BCUT2D eigenvalue weighted by Crippen LogP contribution is 2.26. The molecule has 0 spiro atoms. The molecule has 27 heavy (non-hydrogen) atoms. The minimum atomic E-state index is -0.672. The first-order chi connectivity index (χ1) is 13.0. The van der Waals surface area contributed by atoms with E-state index in [4.69, 9.17) is 16.8 Å². The molecule has 8 heteroatoms. The first-order valence-corrected chi connectivity index (χ1v) is 8.46. The maximum Gasteiger partial charge on any atom is 0.260 e. The number of hydrogen-bond donors (Lipinski definition) is 3. The quantitative estimate of drug-likeness (QED) is 0.465. The Kier molecular flexibility index (Phi) is 5.54. The van der Waals surface area contributed by atoms with Crippen LogP contribution in [0.4, 0.5) is 5.69 Å². The summed E-state index contributed by atoms with van der Waals surface area (Å²) in [5.41, 5.74) is 3.93. The molecule has 3 rings (SSSR count). The second-order valence-electron chi connectivity index (χ2n) is 5.87. The molecule has 1 atom stereocenters. The molecule has 0 aliphatic rings. The highest BCUT2D eigenvalue weighted by molar-refractivity contribution is 6.33. The van der Waals surface area contributed by atoms with Crippen LogP contribution in [0.2, 0.25) is 5.15 Å². The van der Waals surface area contributed by atoms with E-state index in [1.54, 1.807) is 48.9 Å². The Morgan fingerprint density at radius 3 is 2.26 bits per heavy atom. The summed E-state index contributed by atoms with van der Waals surface area (Å²) in [5.74, 6) is -1.59. The molecule has 138 valence electrons. The number of nitrogens with zero attached hydrogens (tertiary/aromatic N) is 2. The van der Waals surface area contributed by atoms with Gasteiger partial charge in [-0.15, -0.1) is 0 Å². The third-order valence-corrected chi connectivity index (χ3v) is 4.57. The van der Waals surface area contributed by atoms with Crippen LogP contribution < -0.4 is 10.8 Å². The van der Waals surface area contributed by atoms with Crippen molar-refractivity contribution in [1.29, 1.82) is 0 Å². The van der Waals surface area contributed by atoms with E-state index in [1.165, 1.54) is 10.9 Å². The van der Waals surface area contributed by atoms with Crippen molar-refractivity contribution in [1.82, 2.24) is 15.3 Å². The van der Waals surface area contributed by atoms with E-state index < -0.39 is 11.8 Å². The first-order valence-electron chi connectivity index (χ1n) is 8.09. The number of nitrogens with one attached hydrogen (secondary N) is 2. The molecule has 0 saturated carbocycles. The van der Waals surface area contributed by atoms with Crippen LogP contribution in [0.25, 0.3) is 0 Å². The van der Waals surface area contributed by atoms with Crippen molar-refractivity contribution in [3.8, 4) is 0 Å². The van der Waals surface area contributed by atoms with Gasteiger partial charge in [0.15, 0.2) is 0 Å². The van der Waals surface area contributed by atoms with Crippen molar-refractivity contribution >= 4 is 29.1 Å². The molecule has 2 aromatic carbocycles. The predicted molar refractivity (Wildman–Crippen MR) is 101 cm³/mol. The van der Waals surface area contributed by atoms with Crippen LogP contribution in [0.3, 0.4) is 0 Å². The zero-order chi connectivity index (χ0) is 19.4. The number of halogens is 1. The zero-order valence-corrected chi connectivity index (χ0v) is 15.1. The SMILES string of the molecule is Cn1ncc(C(=O)Nc2ccc(C(C(=O)NO)c3ccccc3)cc2)c1Cl. The lowest BCUT2D eigenvalue weighted by atomic mass is 9.90. The Morgan fingerprint density at radius 1 is 1.07 bits per heavy atom. The van der Waals surface area contributed by atoms with Gasteiger partial charge in [0.1, 0.15) is 5.15 Å². The van der Waals surface area contributed by atoms with Crippen molar-refractivity contribution in [3.63, 3.8) is 0 Å². The van der Waals surface area contributed by atoms with Crippen LogP contribution in [0.5, 0.6) is 0 Å². The first kappa shape index (κ1) is 18.6. The molecular weight excluding hydrogens is 368 g/mol. The van der Waals surface area contributed by atoms with E-state index in [9.17, 15) is 9.59 Å². The molecule has 0 aliphatic heterocycles. The van der Waals surface area contributed by atoms with Gasteiger partial charge in [-0.1, -0.05) is 54.1 Å². The van der Waals surface area contributed by atoms with E-state index in [-0.39, 0.29) is 16.6 Å². The van der Waals surface area contributed by atoms with E-state index in [2.05, 4.69) is 10.4 Å². The van der Waals surface area contributed by atoms with Gasteiger partial charge in [-0.25, -0.2) is 5.48 Å². The lowest BCUT2D eigenvalue weighted by Gasteiger charge is -2.16. The summed E-state index contributed by atoms with van der Waals surface area (Å²) in [7, 11) is 1.64. The predicted octanol–water partition coefficient (Wildman–Crippen LogP) is 2.96. The van der Waals surface area contributed by atoms with Gasteiger partial charge in [0.25, 0.3) is 11.8 Å². The van der Waals surface area contributed by atoms with Gasteiger partial charge in [0, 0.05) is 12.7 Å². The number of benzene rings is 2. The molecule has 0 bridgehead atoms. The lowest BCUT2D eigenvalue weighted by Crippen LogP contribution is -2.27. The van der Waals surface area contributed by atoms with Crippen LogP contribution in [0.15, 0.2) is 60.8 Å². The lowest BCUT2D eigenvalue weighted by molar-refractivity contribution is -0.129. The molecule has 0 radical (unpaired) electrons. The van der Waals surface area contributed by atoms with Crippen molar-refractivity contribution in [2.75, 3.05) is 5.32 Å². The normalized spacial score (nSPS) is 11.7. The summed E-state index contributed by atoms with van der Waals surface area (Å²) in [6.45, 7) is 0. The van der Waals surface area contributed by atoms with Gasteiger partial charge < -0.3 is 5.32 Å². The van der Waals surface area contributed by atoms with E-state index in [1.807, 2.05) is 18.2 Å². The Hall–Kier alpha value is -3.16. The summed E-state index contributed by atoms with van der Waals surface area (Å²) >= 11 is 6.03. The molecule has 0 fully saturated rings. The summed E-state index contributed by atoms with van der Waals surface area (Å²) in [6.07, 6.45) is 1.39. The maximum atomic E-state index is 12.3. The molecule has 2 amide bonds. The number of anilines is 1. The molecule has 1 heterocycles. The van der Waals surface area contributed by atoms with Gasteiger partial charge >= 0.3 is 0 Å². The van der Waals surface area contributed by atoms with Gasteiger partial charge in [-0.3, -0.25) is 19.5 Å². The largest absolute Gasteiger partial charge is 0.322 e. The number of aryl methyl sites for hydroxylation is 1. The van der Waals surface area contributed by atoms with Crippen LogP contribution in [-0.4, -0.2) is 26.8 Å². The molecule has 1 aromatic heterocycles. The van der Waals surface area contributed by atoms with Gasteiger partial charge in [-0.05, 0) is 23.3 Å². The Bertz CT molecular complexity index is 955. The average Bonchev–Trinajstić information content (AvgIpc) is 3.03. The third-order valence-electron chi connectivity index (χ3n) is 4.12. The fourth-order valence-electron chi connectivity index (χ4n) is 2.74. The minimum absolute atomic E-state index is 0.243. The summed E-state index contributed by atoms with van der Waals surface area (Å²) in [5, 5.41) is 16.0. The van der Waals surface area contributed by atoms with E-state index in [0.29, 0.717) is 11.3 Å². The standard InChI is InChI=1S/C19H17ClN4O3/c1-24-17(20)15(11-21-24)18(25)22-14-9-7-13(8-10-14)16(19(26)23-27)12-5-3-2-4-6-12/h2-11,16,27H,1H3,(H,22,25)(H,23,26). The smallest absolute Gasteiger partial charge is 0.260 e. The number of aromatic nitrogens is 2. The fraction of sp³-hybridized carbons (Fsp3) is 0.105. The Labute approximate surface area is 160 Å². The second-order valence-corrected chi connectivity index (χ2v) is 6.23. The molecule has 3 aromatic rings. The van der Waals surface area contributed by atoms with Crippen molar-refractivity contribution < 1.29 is 14.8 Å². The van der Waals surface area contributed by atoms with Crippen molar-refractivity contribution in [2.45, 2.75) is 5.92 Å². The van der Waals surface area contributed by atoms with Crippen molar-refractivity contribution in [2.24, 2.45) is 7.05 Å². The number of amides is 2. The van der Waals surface area contributed by atoms with Crippen LogP contribution in [0.1, 0.15) is 27.4 Å². The fourth-order valence-corrected chi connectivity index (χ4v) is 2.92. The van der Waals surface area contributed by atoms with E-state index >= 15 is 0 Å². The van der Waals surface area contributed by atoms with Crippen LogP contribution >= 0.6 is 11.6 Å². The second kappa shape index (κ2) is 8.03. The van der Waals surface area contributed by atoms with Gasteiger partial charge in [0.05, 0.1) is 17.7 Å². The third kappa shape index (κ3) is 3.99. The van der Waals surface area contributed by atoms with Crippen molar-refractivity contribution in [3.05, 3.63) is 82.6 Å². The summed E-state index contributed by atoms with van der Waals surface area (Å²) < 4.78 is 1.40. The number of hydrogen-bond acceptors (Lipinski definition) is 4. The number of carbonyl (C=O) groups excluding carboxylic acids is 2. The minimum Gasteiger partial charge on any atom is -0.322 e. The van der Waals surface area contributed by atoms with Crippen LogP contribution in [0, 0.1) is 0 Å². The highest BCUT2D eigenvalue weighted by atomic mass is 35.5. The molecular formula is C19H17ClN4O3. The molecule has 0 saturated heterocycles. The monoisotopic (exact) mass is 384 g/mol. The molecule has 3 N–H and O–H groups in total. The molecule has 7 nitrogen and oxygen atoms in total. The Balaban J connectivity index is 1.82. The highest BCUT2D eigenvalue weighted by Gasteiger charge is 2.22. The van der Waals surface area contributed by atoms with E-state index in [0.717, 1.165) is 5.56 Å². The Morgan fingerprint density at radius 2 is 1.70 bits per heavy atom. The zero-order valence-electron chi connectivity index (χ0n) is 14.4. The number of hydroxylamine groups is 1. The maximum absolute atomic E-state index is 12.3. The summed E-state index contributed by atoms with van der Waals surface area (Å²) in [4.78, 5) is 24.4. The summed E-state index contributed by atoms with van der Waals surface area (Å²) in [6, 6.07) is 15.9. The number of rotatable bonds is 5. The topological polar surface area (TPSA) is 96.2 Å². The average molecular weight is 385 g/mol. The molecule has 0 aliphatic carbocycles. The van der Waals surface area contributed by atoms with Gasteiger partial charge in [-0.2, -0.15) is 5.10 Å². The van der Waals surface area contributed by atoms with Crippen LogP contribution in [-0.2, 0) is 11.8 Å².